The van der Waals surface area contributed by atoms with Crippen LogP contribution in [0.25, 0.3) is 0 Å². The number of nitrogens with zero attached hydrogens (tertiary/aromatic N) is 3. The molecule has 2 atom stereocenters. The predicted octanol–water partition coefficient (Wildman–Crippen LogP) is 0.792. The van der Waals surface area contributed by atoms with Gasteiger partial charge in [-0.1, -0.05) is 0 Å². The van der Waals surface area contributed by atoms with Gasteiger partial charge in [-0.2, -0.15) is 4.98 Å². The van der Waals surface area contributed by atoms with Crippen molar-refractivity contribution in [2.24, 2.45) is 0 Å². The number of likely N-dealkylation sites (N-methyl/N-ethyl adjacent to an activating group) is 1. The van der Waals surface area contributed by atoms with E-state index in [-0.39, 0.29) is 0 Å². The Morgan fingerprint density at radius 2 is 2.32 bits per heavy atom. The Hall–Kier alpha value is -1.44. The smallest absolute Gasteiger partial charge is 0.224 e. The molecule has 3 N–H and O–H groups in total. The minimum absolute atomic E-state index is 0.299. The Balaban J connectivity index is 1.88. The minimum atomic E-state index is -0.840. The van der Waals surface area contributed by atoms with E-state index in [4.69, 9.17) is 4.74 Å². The van der Waals surface area contributed by atoms with E-state index in [2.05, 4.69) is 20.6 Å². The number of hydrogen-bond donors (Lipinski definition) is 3. The molecule has 0 aromatic carbocycles. The second-order valence-corrected chi connectivity index (χ2v) is 6.41. The fraction of sp³-hybridized carbons (Fsp3) is 0.733. The molecule has 0 radical (unpaired) electrons. The van der Waals surface area contributed by atoms with Crippen molar-refractivity contribution >= 4 is 11.8 Å². The minimum Gasteiger partial charge on any atom is -0.387 e. The van der Waals surface area contributed by atoms with E-state index >= 15 is 0 Å². The molecule has 1 aliphatic heterocycles. The van der Waals surface area contributed by atoms with Crippen LogP contribution >= 0.6 is 0 Å². The summed E-state index contributed by atoms with van der Waals surface area (Å²) in [6.07, 6.45) is 3.87. The molecule has 0 unspecified atom stereocenters. The van der Waals surface area contributed by atoms with E-state index in [9.17, 15) is 5.11 Å². The molecular weight excluding hydrogens is 282 g/mol. The predicted molar refractivity (Wildman–Crippen MR) is 87.2 cm³/mol. The zero-order chi connectivity index (χ0) is 16.0. The number of aliphatic hydroxyl groups is 1. The van der Waals surface area contributed by atoms with Gasteiger partial charge in [0.25, 0.3) is 0 Å². The largest absolute Gasteiger partial charge is 0.387 e. The number of aromatic nitrogens is 2. The highest BCUT2D eigenvalue weighted by Gasteiger charge is 2.21. The summed E-state index contributed by atoms with van der Waals surface area (Å²) in [7, 11) is 3.86. The first-order valence-electron chi connectivity index (χ1n) is 7.73. The first kappa shape index (κ1) is 16.9. The molecule has 1 fully saturated rings. The van der Waals surface area contributed by atoms with Crippen LogP contribution in [0.5, 0.6) is 0 Å². The van der Waals surface area contributed by atoms with Gasteiger partial charge < -0.3 is 25.4 Å². The number of rotatable bonds is 7. The van der Waals surface area contributed by atoms with Gasteiger partial charge in [-0.3, -0.25) is 0 Å². The monoisotopic (exact) mass is 309 g/mol. The third kappa shape index (κ3) is 5.75. The third-order valence-electron chi connectivity index (χ3n) is 3.45. The topological polar surface area (TPSA) is 82.5 Å². The van der Waals surface area contributed by atoms with Gasteiger partial charge in [-0.05, 0) is 39.9 Å². The van der Waals surface area contributed by atoms with E-state index in [0.29, 0.717) is 31.7 Å². The van der Waals surface area contributed by atoms with Crippen LogP contribution in [0.4, 0.5) is 11.8 Å². The van der Waals surface area contributed by atoms with Crippen LogP contribution in [0.1, 0.15) is 19.8 Å². The molecule has 0 spiro atoms. The molecule has 22 heavy (non-hydrogen) atoms. The van der Waals surface area contributed by atoms with Crippen LogP contribution in [0, 0.1) is 0 Å². The second-order valence-electron chi connectivity index (χ2n) is 6.41. The summed E-state index contributed by atoms with van der Waals surface area (Å²) in [5, 5.41) is 16.7. The summed E-state index contributed by atoms with van der Waals surface area (Å²) in [4.78, 5) is 10.6. The van der Waals surface area contributed by atoms with E-state index in [1.807, 2.05) is 25.1 Å². The van der Waals surface area contributed by atoms with Crippen LogP contribution in [-0.4, -0.2) is 72.0 Å². The van der Waals surface area contributed by atoms with Crippen molar-refractivity contribution in [2.75, 3.05) is 51.0 Å². The molecule has 7 heteroatoms. The first-order chi connectivity index (χ1) is 10.4. The average molecular weight is 309 g/mol. The average Bonchev–Trinajstić information content (AvgIpc) is 2.45. The molecule has 0 saturated carbocycles. The lowest BCUT2D eigenvalue weighted by atomic mass is 10.1. The van der Waals surface area contributed by atoms with E-state index < -0.39 is 5.60 Å². The van der Waals surface area contributed by atoms with Crippen LogP contribution in [-0.2, 0) is 4.74 Å². The number of anilines is 2. The van der Waals surface area contributed by atoms with Crippen molar-refractivity contribution in [1.82, 2.24) is 14.9 Å². The van der Waals surface area contributed by atoms with E-state index in [0.717, 1.165) is 25.3 Å². The quantitative estimate of drug-likeness (QED) is 0.687. The summed E-state index contributed by atoms with van der Waals surface area (Å²) in [5.74, 6) is 1.29. The molecule has 0 aliphatic carbocycles. The Bertz CT molecular complexity index is 461. The Morgan fingerprint density at radius 1 is 1.50 bits per heavy atom. The zero-order valence-electron chi connectivity index (χ0n) is 13.7. The van der Waals surface area contributed by atoms with E-state index in [1.165, 1.54) is 0 Å². The molecule has 0 bridgehead atoms. The normalized spacial score (nSPS) is 21.4. The lowest BCUT2D eigenvalue weighted by Crippen LogP contribution is -2.43. The van der Waals surface area contributed by atoms with Crippen molar-refractivity contribution < 1.29 is 9.84 Å². The molecule has 2 heterocycles. The fourth-order valence-electron chi connectivity index (χ4n) is 2.59. The first-order valence-corrected chi connectivity index (χ1v) is 7.73. The molecule has 1 aromatic rings. The Morgan fingerprint density at radius 3 is 3.00 bits per heavy atom. The molecule has 1 aromatic heterocycles. The van der Waals surface area contributed by atoms with Gasteiger partial charge >= 0.3 is 0 Å². The summed E-state index contributed by atoms with van der Waals surface area (Å²) >= 11 is 0. The number of hydrogen-bond acceptors (Lipinski definition) is 7. The molecule has 1 saturated heterocycles. The summed E-state index contributed by atoms with van der Waals surface area (Å²) < 4.78 is 5.45. The molecular formula is C15H27N5O2. The highest BCUT2D eigenvalue weighted by molar-refractivity contribution is 5.40. The maximum absolute atomic E-state index is 10.3. The maximum atomic E-state index is 10.3. The van der Waals surface area contributed by atoms with Crippen molar-refractivity contribution in [2.45, 2.75) is 31.4 Å². The standard InChI is InChI=1S/C15H27N5O2/c1-15(21,11-20(2)3)10-17-14-16-7-6-13(19-14)18-12-5-4-8-22-9-12/h6-7,12,21H,4-5,8-11H2,1-3H3,(H2,16,17,18,19)/t12-,15+/m0/s1. The van der Waals surface area contributed by atoms with Gasteiger partial charge in [-0.25, -0.2) is 4.98 Å². The van der Waals surface area contributed by atoms with Gasteiger partial charge in [0.1, 0.15) is 5.82 Å². The highest BCUT2D eigenvalue weighted by Crippen LogP contribution is 2.14. The van der Waals surface area contributed by atoms with Crippen LogP contribution < -0.4 is 10.6 Å². The van der Waals surface area contributed by atoms with Crippen molar-refractivity contribution in [3.8, 4) is 0 Å². The van der Waals surface area contributed by atoms with Crippen LogP contribution in [0.15, 0.2) is 12.3 Å². The van der Waals surface area contributed by atoms with Crippen LogP contribution in [0.3, 0.4) is 0 Å². The lowest BCUT2D eigenvalue weighted by Gasteiger charge is -2.27. The fourth-order valence-corrected chi connectivity index (χ4v) is 2.59. The van der Waals surface area contributed by atoms with Gasteiger partial charge in [0.15, 0.2) is 0 Å². The molecule has 124 valence electrons. The molecule has 2 rings (SSSR count). The van der Waals surface area contributed by atoms with Gasteiger partial charge in [-0.15, -0.1) is 0 Å². The SMILES string of the molecule is CN(C)C[C@](C)(O)CNc1nccc(N[C@H]2CCCOC2)n1. The number of nitrogens with one attached hydrogen (secondary N) is 2. The summed E-state index contributed by atoms with van der Waals surface area (Å²) in [6, 6.07) is 2.14. The van der Waals surface area contributed by atoms with Gasteiger partial charge in [0.05, 0.1) is 18.2 Å². The van der Waals surface area contributed by atoms with Crippen LogP contribution in [0.2, 0.25) is 0 Å². The molecule has 0 amide bonds. The highest BCUT2D eigenvalue weighted by atomic mass is 16.5. The van der Waals surface area contributed by atoms with Crippen molar-refractivity contribution in [3.05, 3.63) is 12.3 Å². The molecule has 7 nitrogen and oxygen atoms in total. The lowest BCUT2D eigenvalue weighted by molar-refractivity contribution is 0.0458. The molecule has 1 aliphatic rings. The number of ether oxygens (including phenoxy) is 1. The van der Waals surface area contributed by atoms with E-state index in [1.54, 1.807) is 13.1 Å². The second kappa shape index (κ2) is 7.71. The Kier molecular flexibility index (Phi) is 5.93. The summed E-state index contributed by atoms with van der Waals surface area (Å²) in [6.45, 7) is 4.31. The van der Waals surface area contributed by atoms with Crippen molar-refractivity contribution in [3.63, 3.8) is 0 Å². The van der Waals surface area contributed by atoms with Crippen molar-refractivity contribution in [1.29, 1.82) is 0 Å². The maximum Gasteiger partial charge on any atom is 0.224 e. The summed E-state index contributed by atoms with van der Waals surface area (Å²) in [5.41, 5.74) is -0.840. The third-order valence-corrected chi connectivity index (χ3v) is 3.45. The Labute approximate surface area is 132 Å². The van der Waals surface area contributed by atoms with Gasteiger partial charge in [0, 0.05) is 25.9 Å². The van der Waals surface area contributed by atoms with Gasteiger partial charge in [0.2, 0.25) is 5.95 Å². The zero-order valence-corrected chi connectivity index (χ0v) is 13.7.